The van der Waals surface area contributed by atoms with Gasteiger partial charge < -0.3 is 4.74 Å². The predicted molar refractivity (Wildman–Crippen MR) is 106 cm³/mol. The number of ether oxygens (including phenoxy) is 1. The van der Waals surface area contributed by atoms with Crippen LogP contribution in [0.3, 0.4) is 0 Å². The number of benzene rings is 2. The van der Waals surface area contributed by atoms with Crippen molar-refractivity contribution in [2.45, 2.75) is 35.8 Å². The van der Waals surface area contributed by atoms with Crippen molar-refractivity contribution in [3.8, 4) is 0 Å². The number of hydrogen-bond donors (Lipinski definition) is 0. The highest BCUT2D eigenvalue weighted by molar-refractivity contribution is 7.99. The van der Waals surface area contributed by atoms with Crippen molar-refractivity contribution < 1.29 is 9.53 Å². The van der Waals surface area contributed by atoms with Crippen LogP contribution in [0.2, 0.25) is 5.02 Å². The lowest BCUT2D eigenvalue weighted by atomic mass is 10.2. The molecule has 6 heteroatoms. The van der Waals surface area contributed by atoms with Gasteiger partial charge >= 0.3 is 0 Å². The largest absolute Gasteiger partial charge is 0.373 e. The van der Waals surface area contributed by atoms with Crippen molar-refractivity contribution in [3.05, 3.63) is 47.5 Å². The summed E-state index contributed by atoms with van der Waals surface area (Å²) in [6, 6.07) is 13.7. The van der Waals surface area contributed by atoms with Crippen LogP contribution in [-0.4, -0.2) is 42.6 Å². The van der Waals surface area contributed by atoms with Gasteiger partial charge in [0.2, 0.25) is 5.91 Å². The molecule has 2 aromatic rings. The lowest BCUT2D eigenvalue weighted by molar-refractivity contribution is -0.122. The number of halogens is 1. The Labute approximate surface area is 163 Å². The highest BCUT2D eigenvalue weighted by Crippen LogP contribution is 2.48. The lowest BCUT2D eigenvalue weighted by Gasteiger charge is -2.37. The molecular weight excluding hydrogens is 368 g/mol. The van der Waals surface area contributed by atoms with E-state index in [0.29, 0.717) is 11.6 Å². The van der Waals surface area contributed by atoms with E-state index in [4.69, 9.17) is 16.3 Å². The van der Waals surface area contributed by atoms with Crippen LogP contribution in [0, 0.1) is 0 Å². The van der Waals surface area contributed by atoms with Gasteiger partial charge in [0.05, 0.1) is 30.1 Å². The van der Waals surface area contributed by atoms with Gasteiger partial charge in [0.15, 0.2) is 0 Å². The number of para-hydroxylation sites is 1. The van der Waals surface area contributed by atoms with Gasteiger partial charge in [-0.05, 0) is 44.2 Å². The van der Waals surface area contributed by atoms with Gasteiger partial charge in [0.1, 0.15) is 0 Å². The molecule has 2 atom stereocenters. The Kier molecular flexibility index (Phi) is 4.97. The highest BCUT2D eigenvalue weighted by Gasteiger charge is 2.31. The normalized spacial score (nSPS) is 22.7. The number of morpholine rings is 1. The summed E-state index contributed by atoms with van der Waals surface area (Å²) in [5, 5.41) is 0.634. The van der Waals surface area contributed by atoms with E-state index in [1.54, 1.807) is 11.8 Å². The zero-order valence-corrected chi connectivity index (χ0v) is 16.4. The number of hydrogen-bond acceptors (Lipinski definition) is 4. The summed E-state index contributed by atoms with van der Waals surface area (Å²) in [5.41, 5.74) is 1.78. The first-order valence-electron chi connectivity index (χ1n) is 8.78. The summed E-state index contributed by atoms with van der Waals surface area (Å²) in [7, 11) is 0. The second kappa shape index (κ2) is 7.24. The summed E-state index contributed by atoms with van der Waals surface area (Å²) in [4.78, 5) is 19.4. The molecule has 0 aliphatic carbocycles. The first-order valence-corrected chi connectivity index (χ1v) is 9.98. The number of rotatable bonds is 2. The van der Waals surface area contributed by atoms with E-state index in [1.165, 1.54) is 0 Å². The van der Waals surface area contributed by atoms with Gasteiger partial charge in [-0.15, -0.1) is 0 Å². The SMILES string of the molecule is C[C@@H]1CN(CC(=O)N2c3ccccc3Sc3ccc(Cl)cc32)C[C@H](C)O1. The molecule has 2 aromatic carbocycles. The van der Waals surface area contributed by atoms with Crippen molar-refractivity contribution in [3.63, 3.8) is 0 Å². The van der Waals surface area contributed by atoms with E-state index in [-0.39, 0.29) is 18.1 Å². The third-order valence-corrected chi connectivity index (χ3v) is 5.96. The zero-order chi connectivity index (χ0) is 18.3. The maximum Gasteiger partial charge on any atom is 0.245 e. The van der Waals surface area contributed by atoms with Crippen LogP contribution in [0.5, 0.6) is 0 Å². The molecule has 1 saturated heterocycles. The van der Waals surface area contributed by atoms with Gasteiger partial charge in [-0.2, -0.15) is 0 Å². The van der Waals surface area contributed by atoms with Crippen molar-refractivity contribution in [2.75, 3.05) is 24.5 Å². The first-order chi connectivity index (χ1) is 12.5. The quantitative estimate of drug-likeness (QED) is 0.753. The Balaban J connectivity index is 1.67. The van der Waals surface area contributed by atoms with E-state index in [2.05, 4.69) is 24.8 Å². The number of nitrogens with zero attached hydrogens (tertiary/aromatic N) is 2. The van der Waals surface area contributed by atoms with Crippen molar-refractivity contribution in [1.82, 2.24) is 4.90 Å². The van der Waals surface area contributed by atoms with Crippen molar-refractivity contribution in [1.29, 1.82) is 0 Å². The van der Waals surface area contributed by atoms with Crippen LogP contribution in [0.15, 0.2) is 52.3 Å². The Hall–Kier alpha value is -1.53. The lowest BCUT2D eigenvalue weighted by Crippen LogP contribution is -2.49. The van der Waals surface area contributed by atoms with Crippen molar-refractivity contribution >= 4 is 40.6 Å². The second-order valence-corrected chi connectivity index (χ2v) is 8.38. The molecule has 0 unspecified atom stereocenters. The second-order valence-electron chi connectivity index (χ2n) is 6.86. The molecule has 2 heterocycles. The summed E-state index contributed by atoms with van der Waals surface area (Å²) in [5.74, 6) is 0.0579. The molecule has 2 aliphatic heterocycles. The minimum atomic E-state index is 0.0579. The molecule has 0 spiro atoms. The monoisotopic (exact) mass is 388 g/mol. The summed E-state index contributed by atoms with van der Waals surface area (Å²) < 4.78 is 5.78. The first kappa shape index (κ1) is 17.9. The Morgan fingerprint density at radius 2 is 1.81 bits per heavy atom. The highest BCUT2D eigenvalue weighted by atomic mass is 35.5. The molecule has 2 aliphatic rings. The topological polar surface area (TPSA) is 32.8 Å². The minimum absolute atomic E-state index is 0.0579. The molecule has 26 heavy (non-hydrogen) atoms. The number of carbonyl (C=O) groups is 1. The van der Waals surface area contributed by atoms with E-state index < -0.39 is 0 Å². The average Bonchev–Trinajstić information content (AvgIpc) is 2.58. The molecule has 0 N–H and O–H groups in total. The van der Waals surface area contributed by atoms with Crippen LogP contribution in [0.4, 0.5) is 11.4 Å². The van der Waals surface area contributed by atoms with Gasteiger partial charge in [0, 0.05) is 27.9 Å². The van der Waals surface area contributed by atoms with Crippen LogP contribution < -0.4 is 4.90 Å². The summed E-state index contributed by atoms with van der Waals surface area (Å²) in [6.07, 6.45) is 0.273. The average molecular weight is 389 g/mol. The van der Waals surface area contributed by atoms with Crippen LogP contribution in [0.1, 0.15) is 13.8 Å². The molecule has 4 nitrogen and oxygen atoms in total. The molecule has 136 valence electrons. The smallest absolute Gasteiger partial charge is 0.245 e. The summed E-state index contributed by atoms with van der Waals surface area (Å²) >= 11 is 7.90. The van der Waals surface area contributed by atoms with Gasteiger partial charge in [-0.25, -0.2) is 0 Å². The summed E-state index contributed by atoms with van der Waals surface area (Å²) in [6.45, 7) is 6.00. The molecule has 1 fully saturated rings. The van der Waals surface area contributed by atoms with Gasteiger partial charge in [-0.1, -0.05) is 35.5 Å². The minimum Gasteiger partial charge on any atom is -0.373 e. The van der Waals surface area contributed by atoms with Gasteiger partial charge in [0.25, 0.3) is 0 Å². The Morgan fingerprint density at radius 3 is 2.58 bits per heavy atom. The Morgan fingerprint density at radius 1 is 1.12 bits per heavy atom. The molecular formula is C20H21ClN2O2S. The molecule has 4 rings (SSSR count). The molecule has 0 bridgehead atoms. The number of fused-ring (bicyclic) bond motifs is 2. The van der Waals surface area contributed by atoms with Gasteiger partial charge in [-0.3, -0.25) is 14.6 Å². The van der Waals surface area contributed by atoms with Crippen molar-refractivity contribution in [2.24, 2.45) is 0 Å². The number of carbonyl (C=O) groups excluding carboxylic acids is 1. The van der Waals surface area contributed by atoms with E-state index >= 15 is 0 Å². The maximum absolute atomic E-state index is 13.3. The Bertz CT molecular complexity index is 834. The van der Waals surface area contributed by atoms with E-state index in [1.807, 2.05) is 41.3 Å². The number of anilines is 2. The fourth-order valence-electron chi connectivity index (χ4n) is 3.67. The standard InChI is InChI=1S/C20H21ClN2O2S/c1-13-10-22(11-14(2)25-13)12-20(24)23-16-5-3-4-6-18(16)26-19-8-7-15(21)9-17(19)23/h3-9,13-14H,10-12H2,1-2H3/t13-,14+. The fraction of sp³-hybridized carbons (Fsp3) is 0.350. The van der Waals surface area contributed by atoms with E-state index in [0.717, 1.165) is 34.3 Å². The van der Waals surface area contributed by atoms with Crippen LogP contribution >= 0.6 is 23.4 Å². The third kappa shape index (κ3) is 3.49. The predicted octanol–water partition coefficient (Wildman–Crippen LogP) is 4.58. The third-order valence-electron chi connectivity index (χ3n) is 4.59. The maximum atomic E-state index is 13.3. The number of amides is 1. The van der Waals surface area contributed by atoms with E-state index in [9.17, 15) is 4.79 Å². The zero-order valence-electron chi connectivity index (χ0n) is 14.8. The molecule has 0 radical (unpaired) electrons. The van der Waals surface area contributed by atoms with Crippen LogP contribution in [0.25, 0.3) is 0 Å². The molecule has 1 amide bonds. The molecule has 0 aromatic heterocycles. The van der Waals surface area contributed by atoms with Crippen LogP contribution in [-0.2, 0) is 9.53 Å². The molecule has 0 saturated carbocycles. The fourth-order valence-corrected chi connectivity index (χ4v) is 4.88.